The van der Waals surface area contributed by atoms with Crippen LogP contribution in [0.15, 0.2) is 47.8 Å². The summed E-state index contributed by atoms with van der Waals surface area (Å²) in [6.45, 7) is 3.99. The van der Waals surface area contributed by atoms with Crippen LogP contribution in [0.25, 0.3) is 11.3 Å². The van der Waals surface area contributed by atoms with E-state index in [1.165, 1.54) is 23.0 Å². The summed E-state index contributed by atoms with van der Waals surface area (Å²) in [7, 11) is 0. The van der Waals surface area contributed by atoms with Crippen molar-refractivity contribution in [2.24, 2.45) is 0 Å². The second-order valence-corrected chi connectivity index (χ2v) is 5.87. The van der Waals surface area contributed by atoms with Gasteiger partial charge in [0.05, 0.1) is 5.69 Å². The summed E-state index contributed by atoms with van der Waals surface area (Å²) >= 11 is 1.47. The van der Waals surface area contributed by atoms with Crippen LogP contribution in [0.1, 0.15) is 11.1 Å². The highest BCUT2D eigenvalue weighted by Crippen LogP contribution is 2.29. The Hall–Kier alpha value is -2.20. The molecule has 1 aromatic heterocycles. The molecule has 21 heavy (non-hydrogen) atoms. The first-order valence-corrected chi connectivity index (χ1v) is 7.55. The van der Waals surface area contributed by atoms with E-state index in [4.69, 9.17) is 0 Å². The first-order valence-electron chi connectivity index (χ1n) is 6.67. The van der Waals surface area contributed by atoms with Crippen molar-refractivity contribution in [2.45, 2.75) is 13.8 Å². The number of thiazole rings is 1. The molecule has 2 aromatic carbocycles. The lowest BCUT2D eigenvalue weighted by molar-refractivity contribution is 0.630. The van der Waals surface area contributed by atoms with Gasteiger partial charge in [0.1, 0.15) is 5.82 Å². The molecule has 2 nitrogen and oxygen atoms in total. The van der Waals surface area contributed by atoms with E-state index < -0.39 is 0 Å². The van der Waals surface area contributed by atoms with Gasteiger partial charge >= 0.3 is 0 Å². The molecule has 3 rings (SSSR count). The van der Waals surface area contributed by atoms with Crippen LogP contribution in [0.5, 0.6) is 0 Å². The quantitative estimate of drug-likeness (QED) is 0.709. The first-order chi connectivity index (χ1) is 10.1. The van der Waals surface area contributed by atoms with Gasteiger partial charge in [0.2, 0.25) is 0 Å². The van der Waals surface area contributed by atoms with Gasteiger partial charge in [0.25, 0.3) is 0 Å². The molecule has 0 fully saturated rings. The predicted octanol–water partition coefficient (Wildman–Crippen LogP) is 5.31. The molecule has 3 aromatic rings. The monoisotopic (exact) mass is 298 g/mol. The van der Waals surface area contributed by atoms with Crippen molar-refractivity contribution in [3.8, 4) is 11.3 Å². The largest absolute Gasteiger partial charge is 0.332 e. The second kappa shape index (κ2) is 5.66. The Balaban J connectivity index is 1.86. The molecular weight excluding hydrogens is 283 g/mol. The lowest BCUT2D eigenvalue weighted by Crippen LogP contribution is -1.90. The molecule has 0 bridgehead atoms. The summed E-state index contributed by atoms with van der Waals surface area (Å²) in [5.74, 6) is -0.243. The molecule has 0 spiro atoms. The van der Waals surface area contributed by atoms with Gasteiger partial charge in [-0.3, -0.25) is 0 Å². The molecule has 0 saturated carbocycles. The SMILES string of the molecule is Cc1ccc(Nc2nc(-c3cc(C)ccc3F)cs2)cc1. The van der Waals surface area contributed by atoms with Crippen LogP contribution in [0.4, 0.5) is 15.2 Å². The first kappa shape index (κ1) is 13.8. The molecule has 0 aliphatic carbocycles. The van der Waals surface area contributed by atoms with Crippen LogP contribution in [0, 0.1) is 19.7 Å². The van der Waals surface area contributed by atoms with Crippen molar-refractivity contribution < 1.29 is 4.39 Å². The van der Waals surface area contributed by atoms with Crippen LogP contribution in [0.3, 0.4) is 0 Å². The Morgan fingerprint density at radius 1 is 1.00 bits per heavy atom. The molecule has 0 aliphatic heterocycles. The van der Waals surface area contributed by atoms with Crippen LogP contribution in [-0.4, -0.2) is 4.98 Å². The number of aromatic nitrogens is 1. The highest BCUT2D eigenvalue weighted by molar-refractivity contribution is 7.14. The van der Waals surface area contributed by atoms with Gasteiger partial charge < -0.3 is 5.32 Å². The summed E-state index contributed by atoms with van der Waals surface area (Å²) < 4.78 is 13.9. The smallest absolute Gasteiger partial charge is 0.187 e. The van der Waals surface area contributed by atoms with Gasteiger partial charge in [-0.1, -0.05) is 29.3 Å². The zero-order chi connectivity index (χ0) is 14.8. The summed E-state index contributed by atoms with van der Waals surface area (Å²) in [5.41, 5.74) is 4.42. The maximum absolute atomic E-state index is 13.9. The van der Waals surface area contributed by atoms with Gasteiger partial charge in [0, 0.05) is 16.6 Å². The highest BCUT2D eigenvalue weighted by atomic mass is 32.1. The molecule has 0 radical (unpaired) electrons. The maximum Gasteiger partial charge on any atom is 0.187 e. The van der Waals surface area contributed by atoms with E-state index in [1.54, 1.807) is 6.07 Å². The van der Waals surface area contributed by atoms with E-state index in [1.807, 2.05) is 49.6 Å². The van der Waals surface area contributed by atoms with E-state index in [9.17, 15) is 4.39 Å². The predicted molar refractivity (Wildman–Crippen MR) is 86.7 cm³/mol. The van der Waals surface area contributed by atoms with Crippen molar-refractivity contribution in [3.05, 3.63) is 64.8 Å². The average molecular weight is 298 g/mol. The third-order valence-electron chi connectivity index (χ3n) is 3.20. The van der Waals surface area contributed by atoms with Crippen LogP contribution in [-0.2, 0) is 0 Å². The van der Waals surface area contributed by atoms with Crippen molar-refractivity contribution >= 4 is 22.2 Å². The van der Waals surface area contributed by atoms with Crippen molar-refractivity contribution in [1.29, 1.82) is 0 Å². The maximum atomic E-state index is 13.9. The Bertz CT molecular complexity index is 763. The number of hydrogen-bond donors (Lipinski definition) is 1. The van der Waals surface area contributed by atoms with Crippen LogP contribution in [0.2, 0.25) is 0 Å². The van der Waals surface area contributed by atoms with Crippen LogP contribution < -0.4 is 5.32 Å². The Kier molecular flexibility index (Phi) is 3.71. The van der Waals surface area contributed by atoms with Gasteiger partial charge in [0.15, 0.2) is 5.13 Å². The van der Waals surface area contributed by atoms with Crippen molar-refractivity contribution in [2.75, 3.05) is 5.32 Å². The number of nitrogens with zero attached hydrogens (tertiary/aromatic N) is 1. The van der Waals surface area contributed by atoms with Gasteiger partial charge in [-0.05, 0) is 38.1 Å². The fraction of sp³-hybridized carbons (Fsp3) is 0.118. The number of benzene rings is 2. The summed E-state index contributed by atoms with van der Waals surface area (Å²) in [5, 5.41) is 5.87. The summed E-state index contributed by atoms with van der Waals surface area (Å²) in [6, 6.07) is 13.1. The molecule has 1 N–H and O–H groups in total. The van der Waals surface area contributed by atoms with Gasteiger partial charge in [-0.2, -0.15) is 0 Å². The Morgan fingerprint density at radius 2 is 1.71 bits per heavy atom. The molecule has 106 valence electrons. The standard InChI is InChI=1S/C17H15FN2S/c1-11-3-6-13(7-4-11)19-17-20-16(10-21-17)14-9-12(2)5-8-15(14)18/h3-10H,1-2H3,(H,19,20). The van der Waals surface area contributed by atoms with E-state index in [2.05, 4.69) is 10.3 Å². The number of halogens is 1. The van der Waals surface area contributed by atoms with Crippen LogP contribution >= 0.6 is 11.3 Å². The molecule has 1 heterocycles. The molecular formula is C17H15FN2S. The Morgan fingerprint density at radius 3 is 2.48 bits per heavy atom. The minimum atomic E-state index is -0.243. The molecule has 4 heteroatoms. The summed E-state index contributed by atoms with van der Waals surface area (Å²) in [4.78, 5) is 4.47. The highest BCUT2D eigenvalue weighted by Gasteiger charge is 2.09. The minimum Gasteiger partial charge on any atom is -0.332 e. The second-order valence-electron chi connectivity index (χ2n) is 5.01. The lowest BCUT2D eigenvalue weighted by atomic mass is 10.1. The summed E-state index contributed by atoms with van der Waals surface area (Å²) in [6.07, 6.45) is 0. The Labute approximate surface area is 127 Å². The molecule has 0 amide bonds. The number of aryl methyl sites for hydroxylation is 2. The fourth-order valence-corrected chi connectivity index (χ4v) is 2.78. The van der Waals surface area contributed by atoms with E-state index >= 15 is 0 Å². The molecule has 0 aliphatic rings. The number of hydrogen-bond acceptors (Lipinski definition) is 3. The number of nitrogens with one attached hydrogen (secondary N) is 1. The molecule has 0 atom stereocenters. The lowest BCUT2D eigenvalue weighted by Gasteiger charge is -2.03. The number of rotatable bonds is 3. The van der Waals surface area contributed by atoms with E-state index in [0.717, 1.165) is 16.4 Å². The molecule has 0 unspecified atom stereocenters. The normalized spacial score (nSPS) is 10.6. The van der Waals surface area contributed by atoms with E-state index in [0.29, 0.717) is 11.3 Å². The zero-order valence-electron chi connectivity index (χ0n) is 11.9. The molecule has 0 saturated heterocycles. The minimum absolute atomic E-state index is 0.243. The van der Waals surface area contributed by atoms with Crippen molar-refractivity contribution in [3.63, 3.8) is 0 Å². The van der Waals surface area contributed by atoms with Gasteiger partial charge in [-0.25, -0.2) is 9.37 Å². The average Bonchev–Trinajstić information content (AvgIpc) is 2.92. The third kappa shape index (κ3) is 3.11. The van der Waals surface area contributed by atoms with Gasteiger partial charge in [-0.15, -0.1) is 11.3 Å². The number of anilines is 2. The topological polar surface area (TPSA) is 24.9 Å². The van der Waals surface area contributed by atoms with Crippen molar-refractivity contribution in [1.82, 2.24) is 4.98 Å². The van der Waals surface area contributed by atoms with E-state index in [-0.39, 0.29) is 5.82 Å². The third-order valence-corrected chi connectivity index (χ3v) is 3.96. The zero-order valence-corrected chi connectivity index (χ0v) is 12.7. The fourth-order valence-electron chi connectivity index (χ4n) is 2.05.